The number of imidazole rings is 1. The van der Waals surface area contributed by atoms with E-state index in [0.29, 0.717) is 6.04 Å². The average molecular weight is 303 g/mol. The lowest BCUT2D eigenvalue weighted by Gasteiger charge is -2.22. The summed E-state index contributed by atoms with van der Waals surface area (Å²) in [6.45, 7) is 9.85. The topological polar surface area (TPSA) is 40.7 Å². The Balaban J connectivity index is 2.06. The number of hydrogen-bond acceptors (Lipinski definition) is 3. The molecule has 1 aromatic heterocycles. The summed E-state index contributed by atoms with van der Waals surface area (Å²) < 4.78 is 0. The van der Waals surface area contributed by atoms with Crippen LogP contribution in [0.3, 0.4) is 0 Å². The van der Waals surface area contributed by atoms with Gasteiger partial charge in [0.1, 0.15) is 0 Å². The van der Waals surface area contributed by atoms with E-state index in [0.717, 1.165) is 17.5 Å². The van der Waals surface area contributed by atoms with Gasteiger partial charge in [-0.25, -0.2) is 4.98 Å². The molecule has 1 aromatic carbocycles. The number of thioether (sulfide) groups is 1. The molecule has 0 aliphatic carbocycles. The van der Waals surface area contributed by atoms with Gasteiger partial charge in [0, 0.05) is 24.2 Å². The summed E-state index contributed by atoms with van der Waals surface area (Å²) in [5.74, 6) is 0.968. The smallest absolute Gasteiger partial charge is 0.165 e. The molecule has 0 amide bonds. The summed E-state index contributed by atoms with van der Waals surface area (Å²) in [5, 5.41) is 4.53. The van der Waals surface area contributed by atoms with Crippen LogP contribution in [0.4, 0.5) is 0 Å². The summed E-state index contributed by atoms with van der Waals surface area (Å²) in [6, 6.07) is 9.33. The first-order valence-electron chi connectivity index (χ1n) is 7.46. The second kappa shape index (κ2) is 7.14. The predicted molar refractivity (Wildman–Crippen MR) is 90.9 cm³/mol. The van der Waals surface area contributed by atoms with Gasteiger partial charge in [-0.05, 0) is 23.1 Å². The van der Waals surface area contributed by atoms with E-state index in [1.54, 1.807) is 18.0 Å². The maximum Gasteiger partial charge on any atom is 0.165 e. The van der Waals surface area contributed by atoms with E-state index in [2.05, 4.69) is 67.2 Å². The Bertz CT molecular complexity index is 526. The Hall–Kier alpha value is -1.26. The van der Waals surface area contributed by atoms with Gasteiger partial charge in [0.2, 0.25) is 0 Å². The van der Waals surface area contributed by atoms with Crippen molar-refractivity contribution in [1.29, 1.82) is 0 Å². The molecule has 2 rings (SSSR count). The van der Waals surface area contributed by atoms with Gasteiger partial charge in [-0.15, -0.1) is 0 Å². The minimum absolute atomic E-state index is 0.204. The molecule has 0 radical (unpaired) electrons. The first-order chi connectivity index (χ1) is 10.0. The molecule has 0 saturated heterocycles. The van der Waals surface area contributed by atoms with Gasteiger partial charge in [0.05, 0.1) is 0 Å². The van der Waals surface area contributed by atoms with E-state index in [4.69, 9.17) is 0 Å². The lowest BCUT2D eigenvalue weighted by atomic mass is 9.86. The zero-order chi connectivity index (χ0) is 15.3. The van der Waals surface area contributed by atoms with E-state index in [-0.39, 0.29) is 5.41 Å². The third kappa shape index (κ3) is 4.61. The number of aromatic amines is 1. The molecule has 0 spiro atoms. The molecule has 0 bridgehead atoms. The van der Waals surface area contributed by atoms with Crippen LogP contribution in [0, 0.1) is 0 Å². The lowest BCUT2D eigenvalue weighted by molar-refractivity contribution is 0.584. The fourth-order valence-electron chi connectivity index (χ4n) is 2.23. The highest BCUT2D eigenvalue weighted by atomic mass is 32.2. The fourth-order valence-corrected chi connectivity index (χ4v) is 3.15. The molecular weight excluding hydrogens is 278 g/mol. The molecule has 114 valence electrons. The summed E-state index contributed by atoms with van der Waals surface area (Å²) in [4.78, 5) is 7.41. The maximum absolute atomic E-state index is 4.27. The van der Waals surface area contributed by atoms with Gasteiger partial charge >= 0.3 is 0 Å². The quantitative estimate of drug-likeness (QED) is 0.788. The van der Waals surface area contributed by atoms with Crippen molar-refractivity contribution in [1.82, 2.24) is 15.3 Å². The van der Waals surface area contributed by atoms with Crippen LogP contribution in [0.25, 0.3) is 0 Å². The minimum atomic E-state index is 0.204. The fraction of sp³-hybridized carbons (Fsp3) is 0.471. The zero-order valence-corrected chi connectivity index (χ0v) is 14.1. The van der Waals surface area contributed by atoms with Crippen LogP contribution in [-0.4, -0.2) is 22.3 Å². The molecule has 1 heterocycles. The lowest BCUT2D eigenvalue weighted by Crippen LogP contribution is -2.23. The van der Waals surface area contributed by atoms with Crippen LogP contribution in [0.5, 0.6) is 0 Å². The van der Waals surface area contributed by atoms with E-state index < -0.39 is 0 Å². The predicted octanol–water partition coefficient (Wildman–Crippen LogP) is 4.15. The molecule has 1 atom stereocenters. The van der Waals surface area contributed by atoms with E-state index in [9.17, 15) is 0 Å². The molecule has 2 aromatic rings. The van der Waals surface area contributed by atoms with Gasteiger partial charge in [-0.1, -0.05) is 63.7 Å². The Morgan fingerprint density at radius 2 is 1.95 bits per heavy atom. The van der Waals surface area contributed by atoms with Gasteiger partial charge in [0.25, 0.3) is 0 Å². The maximum atomic E-state index is 4.27. The molecular formula is C17H25N3S. The van der Waals surface area contributed by atoms with Crippen LogP contribution in [0.1, 0.15) is 44.9 Å². The van der Waals surface area contributed by atoms with Gasteiger partial charge in [-0.2, -0.15) is 0 Å². The Morgan fingerprint density at radius 1 is 1.24 bits per heavy atom. The molecule has 0 fully saturated rings. The molecule has 21 heavy (non-hydrogen) atoms. The van der Waals surface area contributed by atoms with Crippen molar-refractivity contribution in [2.75, 3.05) is 12.3 Å². The summed E-state index contributed by atoms with van der Waals surface area (Å²) in [6.07, 6.45) is 3.66. The number of H-pyrrole nitrogens is 1. The van der Waals surface area contributed by atoms with Crippen molar-refractivity contribution in [3.05, 3.63) is 47.8 Å². The Kier molecular flexibility index (Phi) is 5.48. The summed E-state index contributed by atoms with van der Waals surface area (Å²) >= 11 is 1.75. The van der Waals surface area contributed by atoms with Crippen LogP contribution in [0.15, 0.2) is 41.8 Å². The number of rotatable bonds is 6. The second-order valence-corrected chi connectivity index (χ2v) is 7.20. The van der Waals surface area contributed by atoms with E-state index in [1.165, 1.54) is 11.1 Å². The number of benzene rings is 1. The van der Waals surface area contributed by atoms with E-state index in [1.807, 2.05) is 6.20 Å². The molecule has 4 heteroatoms. The van der Waals surface area contributed by atoms with Crippen LogP contribution >= 0.6 is 11.8 Å². The standard InChI is InChI=1S/C17H25N3S/c1-5-18-15(12-21-16-19-10-11-20-16)13-6-8-14(9-7-13)17(2,3)4/h6-11,15,18H,5,12H2,1-4H3,(H,19,20). The third-order valence-corrected chi connectivity index (χ3v) is 4.49. The number of aromatic nitrogens is 2. The Labute approximate surface area is 132 Å². The van der Waals surface area contributed by atoms with Crippen molar-refractivity contribution in [3.63, 3.8) is 0 Å². The van der Waals surface area contributed by atoms with Gasteiger partial charge in [-0.3, -0.25) is 0 Å². The molecule has 1 unspecified atom stereocenters. The van der Waals surface area contributed by atoms with Crippen LogP contribution in [-0.2, 0) is 5.41 Å². The highest BCUT2D eigenvalue weighted by Gasteiger charge is 2.15. The monoisotopic (exact) mass is 303 g/mol. The first kappa shape index (κ1) is 16.1. The van der Waals surface area contributed by atoms with Crippen molar-refractivity contribution in [3.8, 4) is 0 Å². The van der Waals surface area contributed by atoms with Crippen molar-refractivity contribution >= 4 is 11.8 Å². The summed E-state index contributed by atoms with van der Waals surface area (Å²) in [7, 11) is 0. The first-order valence-corrected chi connectivity index (χ1v) is 8.45. The molecule has 3 nitrogen and oxygen atoms in total. The summed E-state index contributed by atoms with van der Waals surface area (Å²) in [5.41, 5.74) is 2.92. The van der Waals surface area contributed by atoms with Gasteiger partial charge < -0.3 is 10.3 Å². The van der Waals surface area contributed by atoms with E-state index >= 15 is 0 Å². The highest BCUT2D eigenvalue weighted by Crippen LogP contribution is 2.26. The number of nitrogens with one attached hydrogen (secondary N) is 2. The normalized spacial score (nSPS) is 13.3. The average Bonchev–Trinajstić information content (AvgIpc) is 2.96. The van der Waals surface area contributed by atoms with Crippen molar-refractivity contribution < 1.29 is 0 Å². The van der Waals surface area contributed by atoms with Crippen LogP contribution < -0.4 is 5.32 Å². The van der Waals surface area contributed by atoms with Crippen LogP contribution in [0.2, 0.25) is 0 Å². The second-order valence-electron chi connectivity index (χ2n) is 6.19. The Morgan fingerprint density at radius 3 is 2.48 bits per heavy atom. The van der Waals surface area contributed by atoms with Crippen molar-refractivity contribution in [2.24, 2.45) is 0 Å². The minimum Gasteiger partial charge on any atom is -0.340 e. The zero-order valence-electron chi connectivity index (χ0n) is 13.3. The third-order valence-electron chi connectivity index (χ3n) is 3.49. The van der Waals surface area contributed by atoms with Crippen molar-refractivity contribution in [2.45, 2.75) is 44.3 Å². The SMILES string of the molecule is CCNC(CSc1ncc[nH]1)c1ccc(C(C)(C)C)cc1. The molecule has 0 saturated carbocycles. The molecule has 0 aliphatic rings. The highest BCUT2D eigenvalue weighted by molar-refractivity contribution is 7.99. The number of hydrogen-bond donors (Lipinski definition) is 2. The number of nitrogens with zero attached hydrogens (tertiary/aromatic N) is 1. The van der Waals surface area contributed by atoms with Gasteiger partial charge in [0.15, 0.2) is 5.16 Å². The molecule has 0 aliphatic heterocycles. The molecule has 2 N–H and O–H groups in total. The largest absolute Gasteiger partial charge is 0.340 e.